The molecule has 6 heteroatoms. The van der Waals surface area contributed by atoms with Crippen molar-refractivity contribution in [2.75, 3.05) is 0 Å². The summed E-state index contributed by atoms with van der Waals surface area (Å²) in [6.07, 6.45) is 3.30. The van der Waals surface area contributed by atoms with Gasteiger partial charge in [-0.05, 0) is 0 Å². The van der Waals surface area contributed by atoms with Crippen molar-refractivity contribution >= 4 is 65.7 Å². The first-order valence-corrected chi connectivity index (χ1v) is 23.6. The molecule has 5 aromatic rings. The van der Waals surface area contributed by atoms with Gasteiger partial charge in [-0.1, -0.05) is 41.5 Å². The molecule has 0 spiro atoms. The summed E-state index contributed by atoms with van der Waals surface area (Å²) in [7, 11) is 0. The van der Waals surface area contributed by atoms with Gasteiger partial charge >= 0.3 is 192 Å². The van der Waals surface area contributed by atoms with Crippen LogP contribution in [0.25, 0.3) is 42.2 Å². The molecule has 241 valence electrons. The summed E-state index contributed by atoms with van der Waals surface area (Å²) in [4.78, 5) is 16.4. The number of carbonyl (C=O) groups excluding carboxylic acids is 1. The number of pyridine rings is 1. The second-order valence-corrected chi connectivity index (χ2v) is 27.5. The minimum absolute atomic E-state index is 0. The molecule has 0 atom stereocenters. The summed E-state index contributed by atoms with van der Waals surface area (Å²) in [6.45, 7) is 18.0. The molecule has 2 heterocycles. The van der Waals surface area contributed by atoms with Crippen LogP contribution in [0.3, 0.4) is 0 Å². The first kappa shape index (κ1) is 37.2. The van der Waals surface area contributed by atoms with Gasteiger partial charge in [0.25, 0.3) is 0 Å². The normalized spacial score (nSPS) is 13.0. The minimum Gasteiger partial charge on any atom is 0 e. The standard InChI is InChI=1S/C28H28GeNS.C11H20O2.Ir/c1-28(2,3)22-17-19(16-18-10-7-8-11-20(18)22)26-25-21-12-9-13-23(29(4,5)6)27(21)31-24(25)14-15-30-26;1-10(2,3)8(12)7-9(13)11(4,5)6;/h7-15,17H,1-6H3;7,12H,1-6H3;/q-1;;/b;8-7-;. The average molecular weight is 860 g/mol. The molecule has 3 aromatic carbocycles. The molecule has 45 heavy (non-hydrogen) atoms. The van der Waals surface area contributed by atoms with Crippen molar-refractivity contribution in [1.29, 1.82) is 0 Å². The van der Waals surface area contributed by atoms with Gasteiger partial charge in [-0.25, -0.2) is 0 Å². The summed E-state index contributed by atoms with van der Waals surface area (Å²) in [5.74, 6) is 7.54. The number of rotatable bonds is 3. The van der Waals surface area contributed by atoms with Crippen molar-refractivity contribution in [1.82, 2.24) is 4.98 Å². The molecule has 0 saturated carbocycles. The molecule has 0 aliphatic carbocycles. The van der Waals surface area contributed by atoms with E-state index in [1.54, 1.807) is 4.40 Å². The molecular weight excluding hydrogens is 811 g/mol. The van der Waals surface area contributed by atoms with Crippen molar-refractivity contribution in [3.8, 4) is 11.3 Å². The Balaban J connectivity index is 0.000000338. The average Bonchev–Trinajstić information content (AvgIpc) is 3.29. The topological polar surface area (TPSA) is 50.2 Å². The van der Waals surface area contributed by atoms with Crippen molar-refractivity contribution < 1.29 is 30.0 Å². The molecule has 0 saturated heterocycles. The number of hydrogen-bond acceptors (Lipinski definition) is 4. The Hall–Kier alpha value is -2.31. The molecule has 5 rings (SSSR count). The molecule has 3 nitrogen and oxygen atoms in total. The van der Waals surface area contributed by atoms with E-state index in [2.05, 4.69) is 98.7 Å². The van der Waals surface area contributed by atoms with Gasteiger partial charge in [-0.15, -0.1) is 0 Å². The van der Waals surface area contributed by atoms with Gasteiger partial charge in [0.15, 0.2) is 5.78 Å². The molecule has 2 aromatic heterocycles. The Kier molecular flexibility index (Phi) is 11.1. The Morgan fingerprint density at radius 1 is 0.867 bits per heavy atom. The third-order valence-electron chi connectivity index (χ3n) is 7.83. The van der Waals surface area contributed by atoms with E-state index in [1.807, 2.05) is 59.1 Å². The van der Waals surface area contributed by atoms with Crippen LogP contribution in [0.2, 0.25) is 17.3 Å². The number of ketones is 1. The maximum atomic E-state index is 11.5. The number of aromatic nitrogens is 1. The van der Waals surface area contributed by atoms with Crippen LogP contribution in [-0.2, 0) is 30.3 Å². The SMILES string of the molecule is CC(C)(C)C(=O)/C=C(\O)C(C)(C)C.CC(C)(C)c1cc(-c2nccc3sc4[c]([Ge]([CH3])([CH3])[CH3])cccc4c23)[c-]c2ccccc12.[Ir]. The molecule has 0 aliphatic rings. The Morgan fingerprint density at radius 2 is 1.49 bits per heavy atom. The Morgan fingerprint density at radius 3 is 2.07 bits per heavy atom. The van der Waals surface area contributed by atoms with Gasteiger partial charge < -0.3 is 5.11 Å². The maximum absolute atomic E-state index is 11.5. The van der Waals surface area contributed by atoms with Crippen molar-refractivity contribution in [2.24, 2.45) is 10.8 Å². The van der Waals surface area contributed by atoms with Crippen LogP contribution < -0.4 is 4.40 Å². The van der Waals surface area contributed by atoms with Crippen LogP contribution in [0.1, 0.15) is 67.9 Å². The van der Waals surface area contributed by atoms with E-state index in [1.165, 1.54) is 37.2 Å². The third kappa shape index (κ3) is 8.35. The zero-order chi connectivity index (χ0) is 32.8. The van der Waals surface area contributed by atoms with E-state index in [4.69, 9.17) is 4.98 Å². The van der Waals surface area contributed by atoms with Crippen molar-refractivity contribution in [3.05, 3.63) is 84.3 Å². The van der Waals surface area contributed by atoms with Crippen LogP contribution in [0.15, 0.2) is 72.6 Å². The number of aliphatic hydroxyl groups excluding tert-OH is 1. The molecule has 1 N–H and O–H groups in total. The fourth-order valence-corrected chi connectivity index (χ4v) is 11.1. The van der Waals surface area contributed by atoms with E-state index >= 15 is 0 Å². The van der Waals surface area contributed by atoms with Crippen LogP contribution in [-0.4, -0.2) is 29.1 Å². The quantitative estimate of drug-likeness (QED) is 0.0851. The molecule has 0 bridgehead atoms. The number of fused-ring (bicyclic) bond motifs is 4. The number of aliphatic hydroxyl groups is 1. The van der Waals surface area contributed by atoms with Crippen LogP contribution in [0, 0.1) is 16.9 Å². The Labute approximate surface area is 290 Å². The Bertz CT molecular complexity index is 1880. The van der Waals surface area contributed by atoms with Gasteiger partial charge in [0.1, 0.15) is 5.76 Å². The summed E-state index contributed by atoms with van der Waals surface area (Å²) >= 11 is -0.0555. The number of benzene rings is 3. The smallest absolute Gasteiger partial charge is 0 e. The predicted octanol–water partition coefficient (Wildman–Crippen LogP) is 11.0. The zero-order valence-corrected chi connectivity index (χ0v) is 34.2. The zero-order valence-electron chi connectivity index (χ0n) is 28.9. The second kappa shape index (κ2) is 13.4. The van der Waals surface area contributed by atoms with Crippen molar-refractivity contribution in [3.63, 3.8) is 0 Å². The minimum atomic E-state index is -1.99. The van der Waals surface area contributed by atoms with Gasteiger partial charge in [-0.2, -0.15) is 0 Å². The van der Waals surface area contributed by atoms with E-state index in [-0.39, 0.29) is 42.5 Å². The molecule has 0 fully saturated rings. The number of allylic oxidation sites excluding steroid dienone is 2. The second-order valence-electron chi connectivity index (χ2n) is 15.9. The first-order chi connectivity index (χ1) is 20.2. The predicted molar refractivity (Wildman–Crippen MR) is 195 cm³/mol. The van der Waals surface area contributed by atoms with Crippen LogP contribution in [0.5, 0.6) is 0 Å². The number of thiophene rings is 1. The largest absolute Gasteiger partial charge is 0 e. The number of nitrogens with zero attached hydrogens (tertiary/aromatic N) is 1. The summed E-state index contributed by atoms with van der Waals surface area (Å²) in [5.41, 5.74) is 2.77. The van der Waals surface area contributed by atoms with Gasteiger partial charge in [0, 0.05) is 37.0 Å². The van der Waals surface area contributed by atoms with Crippen molar-refractivity contribution in [2.45, 2.75) is 85.0 Å². The van der Waals surface area contributed by atoms with Gasteiger partial charge in [0.05, 0.1) is 0 Å². The van der Waals surface area contributed by atoms with E-state index in [9.17, 15) is 9.90 Å². The molecule has 0 aliphatic heterocycles. The van der Waals surface area contributed by atoms with Crippen LogP contribution in [0.4, 0.5) is 0 Å². The van der Waals surface area contributed by atoms with Gasteiger partial charge in [0.2, 0.25) is 0 Å². The fourth-order valence-electron chi connectivity index (χ4n) is 5.07. The molecule has 0 unspecified atom stereocenters. The van der Waals surface area contributed by atoms with Gasteiger partial charge in [-0.3, -0.25) is 4.79 Å². The third-order valence-corrected chi connectivity index (χ3v) is 13.7. The fraction of sp³-hybridized carbons (Fsp3) is 0.385. The van der Waals surface area contributed by atoms with Crippen LogP contribution >= 0.6 is 11.3 Å². The maximum Gasteiger partial charge on any atom is 0 e. The summed E-state index contributed by atoms with van der Waals surface area (Å²) < 4.78 is 4.36. The summed E-state index contributed by atoms with van der Waals surface area (Å²) in [6, 6.07) is 23.7. The molecule has 0 amide bonds. The van der Waals surface area contributed by atoms with E-state index in [0.29, 0.717) is 0 Å². The van der Waals surface area contributed by atoms with E-state index in [0.717, 1.165) is 16.6 Å². The molecule has 1 radical (unpaired) electrons. The first-order valence-electron chi connectivity index (χ1n) is 15.4. The molecular formula is C39H48GeIrNO2S-. The van der Waals surface area contributed by atoms with E-state index < -0.39 is 18.7 Å². The number of carbonyl (C=O) groups is 1. The monoisotopic (exact) mass is 861 g/mol. The summed E-state index contributed by atoms with van der Waals surface area (Å²) in [5, 5.41) is 14.6. The number of hydrogen-bond donors (Lipinski definition) is 1.